The Labute approximate surface area is 90.7 Å². The summed E-state index contributed by atoms with van der Waals surface area (Å²) in [7, 11) is 0. The second-order valence-corrected chi connectivity index (χ2v) is 4.11. The van der Waals surface area contributed by atoms with Gasteiger partial charge in [0.2, 0.25) is 0 Å². The molecule has 3 nitrogen and oxygen atoms in total. The molecule has 15 heavy (non-hydrogen) atoms. The van der Waals surface area contributed by atoms with Gasteiger partial charge in [0, 0.05) is 31.1 Å². The predicted octanol–water partition coefficient (Wildman–Crippen LogP) is 1.90. The fourth-order valence-electron chi connectivity index (χ4n) is 1.65. The summed E-state index contributed by atoms with van der Waals surface area (Å²) in [5, 5.41) is 0. The molecule has 0 radical (unpaired) electrons. The van der Waals surface area contributed by atoms with E-state index in [1.807, 2.05) is 18.3 Å². The van der Waals surface area contributed by atoms with Crippen LogP contribution in [0, 0.1) is 5.92 Å². The van der Waals surface area contributed by atoms with E-state index < -0.39 is 0 Å². The normalized spacial score (nSPS) is 17.7. The highest BCUT2D eigenvalue weighted by molar-refractivity contribution is 5.12. The van der Waals surface area contributed by atoms with Crippen LogP contribution >= 0.6 is 0 Å². The molecule has 1 aromatic heterocycles. The van der Waals surface area contributed by atoms with E-state index in [2.05, 4.69) is 4.98 Å². The molecule has 0 aromatic carbocycles. The summed E-state index contributed by atoms with van der Waals surface area (Å²) in [5.74, 6) is 0.914. The first-order valence-corrected chi connectivity index (χ1v) is 5.61. The predicted molar refractivity (Wildman–Crippen MR) is 59.3 cm³/mol. The van der Waals surface area contributed by atoms with Gasteiger partial charge in [0.25, 0.3) is 0 Å². The van der Waals surface area contributed by atoms with Gasteiger partial charge in [-0.2, -0.15) is 0 Å². The van der Waals surface area contributed by atoms with E-state index >= 15 is 0 Å². The van der Waals surface area contributed by atoms with Crippen molar-refractivity contribution in [2.24, 2.45) is 11.7 Å². The lowest BCUT2D eigenvalue weighted by Gasteiger charge is -2.15. The molecule has 0 aliphatic heterocycles. The Kier molecular flexibility index (Phi) is 3.69. The Balaban J connectivity index is 1.80. The van der Waals surface area contributed by atoms with Gasteiger partial charge in [-0.15, -0.1) is 0 Å². The number of nitrogens with two attached hydrogens (primary N) is 1. The van der Waals surface area contributed by atoms with Crippen molar-refractivity contribution in [3.8, 4) is 0 Å². The zero-order valence-electron chi connectivity index (χ0n) is 8.93. The highest BCUT2D eigenvalue weighted by Gasteiger charge is 2.21. The third kappa shape index (κ3) is 3.29. The van der Waals surface area contributed by atoms with Gasteiger partial charge in [0.1, 0.15) is 0 Å². The van der Waals surface area contributed by atoms with Gasteiger partial charge in [-0.1, -0.05) is 18.9 Å². The average molecular weight is 206 g/mol. The maximum absolute atomic E-state index is 5.76. The maximum Gasteiger partial charge on any atom is 0.0961 e. The van der Waals surface area contributed by atoms with E-state index in [0.29, 0.717) is 6.54 Å². The molecule has 1 atom stereocenters. The topological polar surface area (TPSA) is 48.1 Å². The Hall–Kier alpha value is -0.930. The van der Waals surface area contributed by atoms with Crippen molar-refractivity contribution < 1.29 is 4.74 Å². The Morgan fingerprint density at radius 1 is 1.53 bits per heavy atom. The number of ether oxygens (including phenoxy) is 1. The van der Waals surface area contributed by atoms with Gasteiger partial charge < -0.3 is 10.5 Å². The molecule has 2 N–H and O–H groups in total. The number of aromatic nitrogens is 1. The molecule has 1 aromatic rings. The highest BCUT2D eigenvalue weighted by atomic mass is 16.5. The molecular weight excluding hydrogens is 188 g/mol. The number of hydrogen-bond acceptors (Lipinski definition) is 3. The van der Waals surface area contributed by atoms with Crippen molar-refractivity contribution in [1.29, 1.82) is 0 Å². The van der Waals surface area contributed by atoms with Gasteiger partial charge in [-0.25, -0.2) is 0 Å². The second kappa shape index (κ2) is 5.24. The van der Waals surface area contributed by atoms with E-state index in [0.717, 1.165) is 18.1 Å². The number of hydrogen-bond donors (Lipinski definition) is 1. The lowest BCUT2D eigenvalue weighted by molar-refractivity contribution is 0.0543. The molecule has 1 unspecified atom stereocenters. The molecule has 1 aliphatic carbocycles. The molecule has 0 saturated heterocycles. The summed E-state index contributed by atoms with van der Waals surface area (Å²) >= 11 is 0. The quantitative estimate of drug-likeness (QED) is 0.773. The fourth-order valence-corrected chi connectivity index (χ4v) is 1.65. The summed E-state index contributed by atoms with van der Waals surface area (Å²) in [6, 6.07) is 3.93. The Bertz CT molecular complexity index is 285. The van der Waals surface area contributed by atoms with Crippen LogP contribution in [0.1, 0.15) is 30.9 Å². The third-order valence-electron chi connectivity index (χ3n) is 2.81. The highest BCUT2D eigenvalue weighted by Crippen LogP contribution is 2.32. The lowest BCUT2D eigenvalue weighted by atomic mass is 10.1. The molecule has 2 rings (SSSR count). The van der Waals surface area contributed by atoms with Crippen molar-refractivity contribution >= 4 is 0 Å². The lowest BCUT2D eigenvalue weighted by Crippen LogP contribution is -2.16. The molecule has 82 valence electrons. The van der Waals surface area contributed by atoms with Crippen LogP contribution in [0.3, 0.4) is 0 Å². The first kappa shape index (κ1) is 10.6. The minimum Gasteiger partial charge on any atom is -0.372 e. The van der Waals surface area contributed by atoms with Crippen LogP contribution in [0.2, 0.25) is 0 Å². The van der Waals surface area contributed by atoms with Gasteiger partial charge >= 0.3 is 0 Å². The SMILES string of the molecule is NCC(OCCC1CC1)c1cccnc1. The molecule has 0 bridgehead atoms. The van der Waals surface area contributed by atoms with E-state index in [-0.39, 0.29) is 6.10 Å². The van der Waals surface area contributed by atoms with Crippen LogP contribution in [-0.2, 0) is 4.74 Å². The minimum atomic E-state index is 0.0115. The summed E-state index contributed by atoms with van der Waals surface area (Å²) in [4.78, 5) is 4.07. The molecule has 1 fully saturated rings. The molecule has 0 amide bonds. The summed E-state index contributed by atoms with van der Waals surface area (Å²) in [6.07, 6.45) is 7.54. The van der Waals surface area contributed by atoms with Crippen molar-refractivity contribution in [3.63, 3.8) is 0 Å². The van der Waals surface area contributed by atoms with Crippen LogP contribution in [0.15, 0.2) is 24.5 Å². The van der Waals surface area contributed by atoms with Gasteiger partial charge in [-0.05, 0) is 18.4 Å². The van der Waals surface area contributed by atoms with Crippen molar-refractivity contribution in [2.45, 2.75) is 25.4 Å². The maximum atomic E-state index is 5.76. The third-order valence-corrected chi connectivity index (χ3v) is 2.81. The second-order valence-electron chi connectivity index (χ2n) is 4.11. The molecule has 3 heteroatoms. The zero-order chi connectivity index (χ0) is 10.5. The number of pyridine rings is 1. The molecule has 0 spiro atoms. The summed E-state index contributed by atoms with van der Waals surface area (Å²) in [6.45, 7) is 1.35. The molecule has 1 saturated carbocycles. The first-order valence-electron chi connectivity index (χ1n) is 5.61. The van der Waals surface area contributed by atoms with E-state index in [9.17, 15) is 0 Å². The van der Waals surface area contributed by atoms with E-state index in [1.165, 1.54) is 19.3 Å². The monoisotopic (exact) mass is 206 g/mol. The first-order chi connectivity index (χ1) is 7.40. The Morgan fingerprint density at radius 2 is 2.40 bits per heavy atom. The Morgan fingerprint density at radius 3 is 3.00 bits per heavy atom. The summed E-state index contributed by atoms with van der Waals surface area (Å²) in [5.41, 5.74) is 6.76. The van der Waals surface area contributed by atoms with Crippen LogP contribution in [-0.4, -0.2) is 18.1 Å². The smallest absolute Gasteiger partial charge is 0.0961 e. The number of nitrogens with zero attached hydrogens (tertiary/aromatic N) is 1. The van der Waals surface area contributed by atoms with Gasteiger partial charge in [-0.3, -0.25) is 4.98 Å². The zero-order valence-corrected chi connectivity index (χ0v) is 8.93. The minimum absolute atomic E-state index is 0.0115. The van der Waals surface area contributed by atoms with Crippen LogP contribution < -0.4 is 5.73 Å². The van der Waals surface area contributed by atoms with Crippen LogP contribution in [0.4, 0.5) is 0 Å². The molecule has 1 aliphatic rings. The fraction of sp³-hybridized carbons (Fsp3) is 0.583. The number of rotatable bonds is 6. The van der Waals surface area contributed by atoms with Crippen LogP contribution in [0.25, 0.3) is 0 Å². The van der Waals surface area contributed by atoms with Crippen molar-refractivity contribution in [1.82, 2.24) is 4.98 Å². The van der Waals surface area contributed by atoms with Crippen molar-refractivity contribution in [3.05, 3.63) is 30.1 Å². The van der Waals surface area contributed by atoms with Gasteiger partial charge in [0.15, 0.2) is 0 Å². The standard InChI is InChI=1S/C12H18N2O/c13-8-12(11-2-1-6-14-9-11)15-7-5-10-3-4-10/h1-2,6,9-10,12H,3-5,7-8,13H2. The van der Waals surface area contributed by atoms with E-state index in [4.69, 9.17) is 10.5 Å². The van der Waals surface area contributed by atoms with Crippen LogP contribution in [0.5, 0.6) is 0 Å². The van der Waals surface area contributed by atoms with Gasteiger partial charge in [0.05, 0.1) is 6.10 Å². The summed E-state index contributed by atoms with van der Waals surface area (Å²) < 4.78 is 5.76. The molecule has 1 heterocycles. The molecular formula is C12H18N2O. The van der Waals surface area contributed by atoms with E-state index in [1.54, 1.807) is 6.20 Å². The average Bonchev–Trinajstić information content (AvgIpc) is 3.10. The van der Waals surface area contributed by atoms with Crippen molar-refractivity contribution in [2.75, 3.05) is 13.2 Å². The largest absolute Gasteiger partial charge is 0.372 e.